The molecule has 0 radical (unpaired) electrons. The van der Waals surface area contributed by atoms with Gasteiger partial charge in [-0.15, -0.1) is 0 Å². The average Bonchev–Trinajstić information content (AvgIpc) is 3.24. The number of benzene rings is 1. The highest BCUT2D eigenvalue weighted by atomic mass is 19.1. The van der Waals surface area contributed by atoms with Crippen molar-refractivity contribution in [2.45, 2.75) is 19.0 Å². The fourth-order valence-corrected chi connectivity index (χ4v) is 4.24. The second-order valence-electron chi connectivity index (χ2n) is 8.77. The Morgan fingerprint density at radius 1 is 1.14 bits per heavy atom. The molecule has 0 fully saturated rings. The SMILES string of the molecule is CNC(=O)C[C@@H]1CN(C(=O)/C=C/CN(C)C)Cc2c(-c3ccncc3)c(-c3ccc(F)cc3)nn21. The number of carbonyl (C=O) groups is 2. The fraction of sp³-hybridized carbons (Fsp3) is 0.308. The number of nitrogens with one attached hydrogen (secondary N) is 1. The molecule has 3 aromatic rings. The number of likely N-dealkylation sites (N-methyl/N-ethyl adjacent to an activating group) is 1. The Balaban J connectivity index is 1.83. The molecule has 1 aliphatic heterocycles. The molecule has 1 aliphatic rings. The number of nitrogens with zero attached hydrogens (tertiary/aromatic N) is 5. The van der Waals surface area contributed by atoms with Crippen molar-refractivity contribution in [1.82, 2.24) is 29.9 Å². The van der Waals surface area contributed by atoms with Crippen LogP contribution in [-0.2, 0) is 16.1 Å². The van der Waals surface area contributed by atoms with Gasteiger partial charge in [-0.2, -0.15) is 5.10 Å². The van der Waals surface area contributed by atoms with Crippen molar-refractivity contribution < 1.29 is 14.0 Å². The Morgan fingerprint density at radius 3 is 2.51 bits per heavy atom. The van der Waals surface area contributed by atoms with Gasteiger partial charge in [0.05, 0.1) is 24.7 Å². The lowest BCUT2D eigenvalue weighted by molar-refractivity contribution is -0.129. The zero-order chi connectivity index (χ0) is 24.9. The molecule has 8 nitrogen and oxygen atoms in total. The van der Waals surface area contributed by atoms with E-state index < -0.39 is 0 Å². The van der Waals surface area contributed by atoms with E-state index in [1.807, 2.05) is 41.9 Å². The molecule has 0 bridgehead atoms. The first-order chi connectivity index (χ1) is 16.9. The molecule has 1 N–H and O–H groups in total. The summed E-state index contributed by atoms with van der Waals surface area (Å²) in [6.45, 7) is 1.34. The normalized spacial score (nSPS) is 15.5. The second-order valence-corrected chi connectivity index (χ2v) is 8.77. The first kappa shape index (κ1) is 24.3. The monoisotopic (exact) mass is 476 g/mol. The Kier molecular flexibility index (Phi) is 7.36. The summed E-state index contributed by atoms with van der Waals surface area (Å²) >= 11 is 0. The number of pyridine rings is 1. The molecular weight excluding hydrogens is 447 g/mol. The molecule has 4 rings (SSSR count). The molecule has 0 aliphatic carbocycles. The van der Waals surface area contributed by atoms with Gasteiger partial charge in [0, 0.05) is 49.7 Å². The van der Waals surface area contributed by atoms with Crippen LogP contribution < -0.4 is 5.32 Å². The van der Waals surface area contributed by atoms with Crippen molar-refractivity contribution in [1.29, 1.82) is 0 Å². The predicted molar refractivity (Wildman–Crippen MR) is 132 cm³/mol. The number of halogens is 1. The van der Waals surface area contributed by atoms with Crippen LogP contribution in [0.1, 0.15) is 18.2 Å². The molecule has 1 atom stereocenters. The summed E-state index contributed by atoms with van der Waals surface area (Å²) in [6, 6.07) is 9.60. The Labute approximate surface area is 204 Å². The zero-order valence-electron chi connectivity index (χ0n) is 20.1. The van der Waals surface area contributed by atoms with E-state index in [1.54, 1.807) is 42.6 Å². The van der Waals surface area contributed by atoms with E-state index in [0.29, 0.717) is 25.3 Å². The van der Waals surface area contributed by atoms with E-state index in [2.05, 4.69) is 10.3 Å². The quantitative estimate of drug-likeness (QED) is 0.530. The van der Waals surface area contributed by atoms with Crippen molar-refractivity contribution >= 4 is 11.8 Å². The first-order valence-electron chi connectivity index (χ1n) is 11.5. The lowest BCUT2D eigenvalue weighted by Crippen LogP contribution is -2.42. The standard InChI is InChI=1S/C26H29FN6O2/c1-28-23(34)15-21-16-32(24(35)5-4-14-31(2)3)17-22-25(18-10-12-29-13-11-18)26(30-33(21)22)19-6-8-20(27)9-7-19/h4-13,21H,14-17H2,1-3H3,(H,28,34)/b5-4+/t21-/m1/s1. The summed E-state index contributed by atoms with van der Waals surface area (Å²) in [4.78, 5) is 33.3. The summed E-state index contributed by atoms with van der Waals surface area (Å²) < 4.78 is 15.5. The van der Waals surface area contributed by atoms with Gasteiger partial charge in [-0.05, 0) is 56.1 Å². The number of hydrogen-bond donors (Lipinski definition) is 1. The van der Waals surface area contributed by atoms with Gasteiger partial charge in [0.2, 0.25) is 11.8 Å². The van der Waals surface area contributed by atoms with Crippen molar-refractivity contribution in [2.75, 3.05) is 34.2 Å². The molecule has 0 spiro atoms. The van der Waals surface area contributed by atoms with E-state index in [0.717, 1.165) is 22.4 Å². The van der Waals surface area contributed by atoms with Crippen molar-refractivity contribution in [2.24, 2.45) is 0 Å². The molecule has 1 aromatic carbocycles. The van der Waals surface area contributed by atoms with Crippen LogP contribution >= 0.6 is 0 Å². The minimum Gasteiger partial charge on any atom is -0.359 e. The summed E-state index contributed by atoms with van der Waals surface area (Å²) in [5.41, 5.74) is 3.98. The Morgan fingerprint density at radius 2 is 1.86 bits per heavy atom. The van der Waals surface area contributed by atoms with Crippen LogP contribution in [-0.4, -0.2) is 70.6 Å². The van der Waals surface area contributed by atoms with Gasteiger partial charge in [0.15, 0.2) is 0 Å². The molecule has 0 saturated heterocycles. The summed E-state index contributed by atoms with van der Waals surface area (Å²) in [7, 11) is 5.46. The van der Waals surface area contributed by atoms with Crippen LogP contribution in [0.25, 0.3) is 22.4 Å². The van der Waals surface area contributed by atoms with Crippen molar-refractivity contribution in [3.63, 3.8) is 0 Å². The number of fused-ring (bicyclic) bond motifs is 1. The van der Waals surface area contributed by atoms with E-state index >= 15 is 0 Å². The smallest absolute Gasteiger partial charge is 0.246 e. The molecule has 2 amide bonds. The Hall–Kier alpha value is -3.85. The molecular formula is C26H29FN6O2. The minimum atomic E-state index is -0.348. The molecule has 2 aromatic heterocycles. The highest BCUT2D eigenvalue weighted by molar-refractivity contribution is 5.89. The average molecular weight is 477 g/mol. The van der Waals surface area contributed by atoms with Gasteiger partial charge in [-0.1, -0.05) is 6.08 Å². The van der Waals surface area contributed by atoms with Crippen LogP contribution in [0.15, 0.2) is 60.9 Å². The minimum absolute atomic E-state index is 0.120. The Bertz CT molecular complexity index is 1220. The van der Waals surface area contributed by atoms with Gasteiger partial charge < -0.3 is 15.1 Å². The van der Waals surface area contributed by atoms with E-state index in [1.165, 1.54) is 12.1 Å². The topological polar surface area (TPSA) is 83.4 Å². The summed E-state index contributed by atoms with van der Waals surface area (Å²) in [6.07, 6.45) is 6.98. The lowest BCUT2D eigenvalue weighted by Gasteiger charge is -2.33. The third-order valence-electron chi connectivity index (χ3n) is 5.96. The van der Waals surface area contributed by atoms with Crippen LogP contribution in [0.5, 0.6) is 0 Å². The number of carbonyl (C=O) groups excluding carboxylic acids is 2. The van der Waals surface area contributed by atoms with Gasteiger partial charge in [-0.3, -0.25) is 19.3 Å². The van der Waals surface area contributed by atoms with E-state index in [9.17, 15) is 14.0 Å². The van der Waals surface area contributed by atoms with Crippen molar-refractivity contribution in [3.05, 3.63) is 72.5 Å². The molecule has 9 heteroatoms. The van der Waals surface area contributed by atoms with Crippen LogP contribution in [0.3, 0.4) is 0 Å². The van der Waals surface area contributed by atoms with Crippen LogP contribution in [0.2, 0.25) is 0 Å². The summed E-state index contributed by atoms with van der Waals surface area (Å²) in [5.74, 6) is -0.588. The maximum Gasteiger partial charge on any atom is 0.246 e. The maximum absolute atomic E-state index is 13.7. The summed E-state index contributed by atoms with van der Waals surface area (Å²) in [5, 5.41) is 7.58. The van der Waals surface area contributed by atoms with Crippen LogP contribution in [0, 0.1) is 5.82 Å². The molecule has 35 heavy (non-hydrogen) atoms. The fourth-order valence-electron chi connectivity index (χ4n) is 4.24. The molecule has 0 unspecified atom stereocenters. The maximum atomic E-state index is 13.7. The number of aromatic nitrogens is 3. The van der Waals surface area contributed by atoms with E-state index in [-0.39, 0.29) is 30.1 Å². The molecule has 182 valence electrons. The second kappa shape index (κ2) is 10.6. The highest BCUT2D eigenvalue weighted by Gasteiger charge is 2.34. The number of hydrogen-bond acceptors (Lipinski definition) is 5. The third kappa shape index (κ3) is 5.46. The van der Waals surface area contributed by atoms with Crippen LogP contribution in [0.4, 0.5) is 4.39 Å². The lowest BCUT2D eigenvalue weighted by atomic mass is 9.98. The first-order valence-corrected chi connectivity index (χ1v) is 11.5. The largest absolute Gasteiger partial charge is 0.359 e. The van der Waals surface area contributed by atoms with Gasteiger partial charge in [0.25, 0.3) is 0 Å². The number of amides is 2. The highest BCUT2D eigenvalue weighted by Crippen LogP contribution is 2.39. The molecule has 0 saturated carbocycles. The predicted octanol–water partition coefficient (Wildman–Crippen LogP) is 2.89. The van der Waals surface area contributed by atoms with Crippen molar-refractivity contribution in [3.8, 4) is 22.4 Å². The van der Waals surface area contributed by atoms with Gasteiger partial charge >= 0.3 is 0 Å². The van der Waals surface area contributed by atoms with Gasteiger partial charge in [-0.25, -0.2) is 4.39 Å². The van der Waals surface area contributed by atoms with E-state index in [4.69, 9.17) is 5.10 Å². The van der Waals surface area contributed by atoms with Gasteiger partial charge in [0.1, 0.15) is 11.5 Å². The third-order valence-corrected chi connectivity index (χ3v) is 5.96. The zero-order valence-corrected chi connectivity index (χ0v) is 20.1. The molecule has 3 heterocycles. The number of rotatable bonds is 7.